The Kier molecular flexibility index (Phi) is 7.25. The van der Waals surface area contributed by atoms with Crippen molar-refractivity contribution < 1.29 is 23.9 Å². The molecule has 0 spiro atoms. The molecule has 2 atom stereocenters. The number of amides is 3. The number of pyridine rings is 1. The summed E-state index contributed by atoms with van der Waals surface area (Å²) in [5, 5.41) is 3.47. The molecule has 3 aliphatic rings. The summed E-state index contributed by atoms with van der Waals surface area (Å²) in [5.74, 6) is -0.124. The van der Waals surface area contributed by atoms with Crippen molar-refractivity contribution in [3.05, 3.63) is 70.9 Å². The second-order valence-electron chi connectivity index (χ2n) is 11.2. The van der Waals surface area contributed by atoms with Crippen molar-refractivity contribution in [2.75, 3.05) is 13.1 Å². The molecule has 9 heteroatoms. The molecule has 0 saturated carbocycles. The van der Waals surface area contributed by atoms with E-state index in [-0.39, 0.29) is 30.4 Å². The lowest BCUT2D eigenvalue weighted by molar-refractivity contribution is -0.136. The van der Waals surface area contributed by atoms with Crippen molar-refractivity contribution in [3.8, 4) is 5.75 Å². The van der Waals surface area contributed by atoms with E-state index in [4.69, 9.17) is 14.5 Å². The van der Waals surface area contributed by atoms with E-state index in [1.807, 2.05) is 32.0 Å². The monoisotopic (exact) mass is 542 g/mol. The van der Waals surface area contributed by atoms with Gasteiger partial charge in [-0.3, -0.25) is 29.6 Å². The number of nitrogens with one attached hydrogen (secondary N) is 1. The van der Waals surface area contributed by atoms with Gasteiger partial charge in [0.2, 0.25) is 11.8 Å². The molecule has 9 nitrogen and oxygen atoms in total. The summed E-state index contributed by atoms with van der Waals surface area (Å²) in [6, 6.07) is 15.5. The van der Waals surface area contributed by atoms with Crippen LogP contribution in [-0.4, -0.2) is 63.8 Å². The zero-order valence-electron chi connectivity index (χ0n) is 22.9. The summed E-state index contributed by atoms with van der Waals surface area (Å²) in [4.78, 5) is 45.5. The Morgan fingerprint density at radius 2 is 1.93 bits per heavy atom. The number of hydrogen-bond acceptors (Lipinski definition) is 7. The summed E-state index contributed by atoms with van der Waals surface area (Å²) in [6.07, 6.45) is 1.76. The van der Waals surface area contributed by atoms with Crippen LogP contribution in [0, 0.1) is 0 Å². The SMILES string of the molecule is CC(C)OCc1ccc2cc(CN3CC[C@H](Oc4ccc5c(c4)CN(C4CCC(=O)NC4=O)C5=O)C3)ccc2n1. The fourth-order valence-electron chi connectivity index (χ4n) is 5.76. The Labute approximate surface area is 233 Å². The van der Waals surface area contributed by atoms with E-state index in [1.54, 1.807) is 11.0 Å². The van der Waals surface area contributed by atoms with Gasteiger partial charge >= 0.3 is 0 Å². The van der Waals surface area contributed by atoms with Crippen molar-refractivity contribution in [3.63, 3.8) is 0 Å². The molecule has 208 valence electrons. The van der Waals surface area contributed by atoms with Crippen LogP contribution in [0.25, 0.3) is 10.9 Å². The molecule has 2 saturated heterocycles. The van der Waals surface area contributed by atoms with Gasteiger partial charge in [-0.2, -0.15) is 0 Å². The lowest BCUT2D eigenvalue weighted by Gasteiger charge is -2.29. The Morgan fingerprint density at radius 3 is 2.75 bits per heavy atom. The second-order valence-corrected chi connectivity index (χ2v) is 11.2. The molecule has 2 aromatic carbocycles. The van der Waals surface area contributed by atoms with E-state index < -0.39 is 11.9 Å². The zero-order valence-corrected chi connectivity index (χ0v) is 22.9. The maximum Gasteiger partial charge on any atom is 0.255 e. The molecule has 1 unspecified atom stereocenters. The minimum Gasteiger partial charge on any atom is -0.489 e. The molecule has 40 heavy (non-hydrogen) atoms. The number of benzene rings is 2. The van der Waals surface area contributed by atoms with E-state index >= 15 is 0 Å². The first-order chi connectivity index (χ1) is 19.3. The normalized spacial score (nSPS) is 21.4. The van der Waals surface area contributed by atoms with E-state index in [2.05, 4.69) is 34.5 Å². The van der Waals surface area contributed by atoms with Gasteiger partial charge in [0.05, 0.1) is 23.9 Å². The molecule has 0 bridgehead atoms. The minimum absolute atomic E-state index is 0.0621. The molecule has 3 amide bonds. The highest BCUT2D eigenvalue weighted by molar-refractivity contribution is 6.05. The Morgan fingerprint density at radius 1 is 1.05 bits per heavy atom. The maximum atomic E-state index is 13.0. The predicted octanol–water partition coefficient (Wildman–Crippen LogP) is 3.57. The lowest BCUT2D eigenvalue weighted by Crippen LogP contribution is -2.52. The number of hydrogen-bond donors (Lipinski definition) is 1. The average Bonchev–Trinajstić information content (AvgIpc) is 3.50. The zero-order chi connectivity index (χ0) is 27.8. The van der Waals surface area contributed by atoms with Gasteiger partial charge in [-0.25, -0.2) is 0 Å². The molecular weight excluding hydrogens is 508 g/mol. The number of fused-ring (bicyclic) bond motifs is 2. The van der Waals surface area contributed by atoms with Gasteiger partial charge in [0, 0.05) is 43.5 Å². The van der Waals surface area contributed by atoms with Gasteiger partial charge in [0.15, 0.2) is 0 Å². The van der Waals surface area contributed by atoms with E-state index in [9.17, 15) is 14.4 Å². The largest absolute Gasteiger partial charge is 0.489 e. The van der Waals surface area contributed by atoms with Crippen LogP contribution in [0.1, 0.15) is 60.3 Å². The third-order valence-corrected chi connectivity index (χ3v) is 7.81. The number of nitrogens with zero attached hydrogens (tertiary/aromatic N) is 3. The molecule has 2 fully saturated rings. The molecule has 3 aromatic rings. The highest BCUT2D eigenvalue weighted by atomic mass is 16.5. The third-order valence-electron chi connectivity index (χ3n) is 7.81. The number of likely N-dealkylation sites (tertiary alicyclic amines) is 1. The van der Waals surface area contributed by atoms with E-state index in [1.165, 1.54) is 5.56 Å². The summed E-state index contributed by atoms with van der Waals surface area (Å²) in [5.41, 5.74) is 4.60. The number of aromatic nitrogens is 1. The first-order valence-corrected chi connectivity index (χ1v) is 14.0. The van der Waals surface area contributed by atoms with Crippen LogP contribution in [0.15, 0.2) is 48.5 Å². The Bertz CT molecular complexity index is 1470. The Hall–Kier alpha value is -3.82. The number of rotatable bonds is 8. The highest BCUT2D eigenvalue weighted by Gasteiger charge is 2.39. The van der Waals surface area contributed by atoms with Crippen molar-refractivity contribution in [1.29, 1.82) is 0 Å². The maximum absolute atomic E-state index is 13.0. The second kappa shape index (κ2) is 11.0. The molecule has 4 heterocycles. The first-order valence-electron chi connectivity index (χ1n) is 14.0. The predicted molar refractivity (Wildman–Crippen MR) is 148 cm³/mol. The highest BCUT2D eigenvalue weighted by Crippen LogP contribution is 2.31. The molecule has 0 aliphatic carbocycles. The topological polar surface area (TPSA) is 101 Å². The van der Waals surface area contributed by atoms with Crippen LogP contribution in [0.2, 0.25) is 0 Å². The fraction of sp³-hybridized carbons (Fsp3) is 0.419. The van der Waals surface area contributed by atoms with Crippen LogP contribution in [-0.2, 0) is 34.0 Å². The molecule has 1 aromatic heterocycles. The van der Waals surface area contributed by atoms with Crippen LogP contribution in [0.5, 0.6) is 5.75 Å². The van der Waals surface area contributed by atoms with Gasteiger partial charge in [-0.15, -0.1) is 0 Å². The first kappa shape index (κ1) is 26.4. The van der Waals surface area contributed by atoms with E-state index in [0.717, 1.165) is 54.0 Å². The summed E-state index contributed by atoms with van der Waals surface area (Å²) < 4.78 is 12.0. The molecular formula is C31H34N4O5. The number of imide groups is 1. The van der Waals surface area contributed by atoms with Crippen LogP contribution in [0.3, 0.4) is 0 Å². The van der Waals surface area contributed by atoms with Crippen LogP contribution in [0.4, 0.5) is 0 Å². The molecule has 3 aliphatic heterocycles. The number of carbonyl (C=O) groups is 3. The Balaban J connectivity index is 1.05. The summed E-state index contributed by atoms with van der Waals surface area (Å²) in [6.45, 7) is 7.51. The van der Waals surface area contributed by atoms with Crippen molar-refractivity contribution >= 4 is 28.6 Å². The van der Waals surface area contributed by atoms with Crippen molar-refractivity contribution in [2.24, 2.45) is 0 Å². The van der Waals surface area contributed by atoms with Gasteiger partial charge in [0.25, 0.3) is 5.91 Å². The standard InChI is InChI=1S/C31H34N4O5/c1-19(2)39-18-23-5-4-21-13-20(3-8-27(21)32-23)15-34-12-11-25(17-34)40-24-6-7-26-22(14-24)16-35(31(26)38)28-9-10-29(36)33-30(28)37/h3-8,13-14,19,25,28H,9-12,15-18H2,1-2H3,(H,33,36,37)/t25-,28?/m0/s1. The lowest BCUT2D eigenvalue weighted by atomic mass is 10.0. The van der Waals surface area contributed by atoms with E-state index in [0.29, 0.717) is 25.1 Å². The summed E-state index contributed by atoms with van der Waals surface area (Å²) >= 11 is 0. The quantitative estimate of drug-likeness (QED) is 0.434. The fourth-order valence-corrected chi connectivity index (χ4v) is 5.76. The van der Waals surface area contributed by atoms with Crippen LogP contribution < -0.4 is 10.1 Å². The third kappa shape index (κ3) is 5.57. The average molecular weight is 543 g/mol. The van der Waals surface area contributed by atoms with Crippen molar-refractivity contribution in [2.45, 2.75) is 71.1 Å². The molecule has 1 N–H and O–H groups in total. The van der Waals surface area contributed by atoms with Gasteiger partial charge in [-0.05, 0) is 74.2 Å². The molecule has 0 radical (unpaired) electrons. The number of piperidine rings is 1. The van der Waals surface area contributed by atoms with Gasteiger partial charge < -0.3 is 14.4 Å². The molecule has 6 rings (SSSR count). The van der Waals surface area contributed by atoms with Gasteiger partial charge in [-0.1, -0.05) is 12.1 Å². The summed E-state index contributed by atoms with van der Waals surface area (Å²) in [7, 11) is 0. The number of carbonyl (C=O) groups excluding carboxylic acids is 3. The number of ether oxygens (including phenoxy) is 2. The van der Waals surface area contributed by atoms with Crippen molar-refractivity contribution in [1.82, 2.24) is 20.1 Å². The minimum atomic E-state index is -0.614. The van der Waals surface area contributed by atoms with Crippen LogP contribution >= 0.6 is 0 Å². The van der Waals surface area contributed by atoms with Gasteiger partial charge in [0.1, 0.15) is 17.9 Å². The smallest absolute Gasteiger partial charge is 0.255 e.